The zero-order valence-corrected chi connectivity index (χ0v) is 16.4. The Kier molecular flexibility index (Phi) is 5.86. The van der Waals surface area contributed by atoms with Crippen molar-refractivity contribution in [2.45, 2.75) is 30.8 Å². The molecule has 1 amide bonds. The molecule has 25 heavy (non-hydrogen) atoms. The van der Waals surface area contributed by atoms with Crippen LogP contribution in [0.5, 0.6) is 0 Å². The van der Waals surface area contributed by atoms with Gasteiger partial charge in [-0.05, 0) is 44.0 Å². The van der Waals surface area contributed by atoms with E-state index in [9.17, 15) is 13.2 Å². The van der Waals surface area contributed by atoms with Crippen molar-refractivity contribution in [2.24, 2.45) is 0 Å². The van der Waals surface area contributed by atoms with Crippen LogP contribution in [0.2, 0.25) is 0 Å². The molecule has 0 bridgehead atoms. The highest BCUT2D eigenvalue weighted by Crippen LogP contribution is 2.26. The first-order valence-corrected chi connectivity index (χ1v) is 9.89. The number of amides is 1. The minimum Gasteiger partial charge on any atom is -0.325 e. The number of carbonyl (C=O) groups is 1. The van der Waals surface area contributed by atoms with Gasteiger partial charge in [0.25, 0.3) is 0 Å². The topological polar surface area (TPSA) is 108 Å². The number of anilines is 1. The van der Waals surface area contributed by atoms with Crippen molar-refractivity contribution >= 4 is 33.4 Å². The number of thioether (sulfide) groups is 1. The molecule has 1 heterocycles. The van der Waals surface area contributed by atoms with E-state index >= 15 is 0 Å². The molecule has 8 nitrogen and oxygen atoms in total. The second-order valence-corrected chi connectivity index (χ2v) is 8.83. The van der Waals surface area contributed by atoms with E-state index in [2.05, 4.69) is 20.5 Å². The van der Waals surface area contributed by atoms with Crippen LogP contribution in [0.3, 0.4) is 0 Å². The smallest absolute Gasteiger partial charge is 0.242 e. The summed E-state index contributed by atoms with van der Waals surface area (Å²) in [7, 11) is -0.633. The highest BCUT2D eigenvalue weighted by atomic mass is 32.2. The van der Waals surface area contributed by atoms with Gasteiger partial charge in [-0.1, -0.05) is 11.8 Å². The van der Waals surface area contributed by atoms with Gasteiger partial charge in [-0.15, -0.1) is 5.10 Å². The highest BCUT2D eigenvalue weighted by molar-refractivity contribution is 7.99. The van der Waals surface area contributed by atoms with Crippen LogP contribution in [0.15, 0.2) is 22.2 Å². The largest absolute Gasteiger partial charge is 0.325 e. The Morgan fingerprint density at radius 1 is 1.28 bits per heavy atom. The predicted molar refractivity (Wildman–Crippen MR) is 97.3 cm³/mol. The third kappa shape index (κ3) is 4.59. The molecule has 10 heteroatoms. The zero-order chi connectivity index (χ0) is 18.8. The Morgan fingerprint density at radius 3 is 2.52 bits per heavy atom. The van der Waals surface area contributed by atoms with Crippen molar-refractivity contribution in [1.82, 2.24) is 19.5 Å². The fourth-order valence-corrected chi connectivity index (χ4v) is 3.68. The number of aryl methyl sites for hydroxylation is 2. The molecule has 2 rings (SSSR count). The molecule has 1 aromatic heterocycles. The lowest BCUT2D eigenvalue weighted by Gasteiger charge is -2.16. The van der Waals surface area contributed by atoms with Crippen molar-refractivity contribution in [3.8, 4) is 0 Å². The standard InChI is InChI=1S/C15H21N5O3S2/c1-9-6-12(25(22,23)20(4)5)7-13(10(9)2)17-14(21)8-24-15-16-11(3)18-19-15/h6-7H,8H2,1-5H3,(H,17,21)(H,16,18,19). The molecular formula is C15H21N5O3S2. The summed E-state index contributed by atoms with van der Waals surface area (Å²) in [6.45, 7) is 5.42. The molecule has 0 aliphatic rings. The van der Waals surface area contributed by atoms with Crippen molar-refractivity contribution in [2.75, 3.05) is 25.2 Å². The summed E-state index contributed by atoms with van der Waals surface area (Å²) in [5.41, 5.74) is 2.09. The summed E-state index contributed by atoms with van der Waals surface area (Å²) in [6.07, 6.45) is 0. The molecule has 0 saturated heterocycles. The Morgan fingerprint density at radius 2 is 1.96 bits per heavy atom. The van der Waals surface area contributed by atoms with Crippen LogP contribution in [0.1, 0.15) is 17.0 Å². The third-order valence-corrected chi connectivity index (χ3v) is 6.24. The van der Waals surface area contributed by atoms with E-state index in [-0.39, 0.29) is 16.6 Å². The molecule has 0 fully saturated rings. The van der Waals surface area contributed by atoms with E-state index < -0.39 is 10.0 Å². The minimum atomic E-state index is -3.57. The number of hydrogen-bond acceptors (Lipinski definition) is 6. The van der Waals surface area contributed by atoms with Crippen molar-refractivity contribution in [3.05, 3.63) is 29.1 Å². The molecule has 1 aromatic carbocycles. The normalized spacial score (nSPS) is 11.8. The molecule has 0 aliphatic carbocycles. The van der Waals surface area contributed by atoms with Crippen LogP contribution in [0, 0.1) is 20.8 Å². The first kappa shape index (κ1) is 19.4. The lowest BCUT2D eigenvalue weighted by molar-refractivity contribution is -0.113. The monoisotopic (exact) mass is 383 g/mol. The zero-order valence-electron chi connectivity index (χ0n) is 14.7. The Balaban J connectivity index is 2.18. The predicted octanol–water partition coefficient (Wildman–Crippen LogP) is 1.71. The van der Waals surface area contributed by atoms with E-state index in [1.165, 1.54) is 31.9 Å². The quantitative estimate of drug-likeness (QED) is 0.735. The molecular weight excluding hydrogens is 362 g/mol. The van der Waals surface area contributed by atoms with E-state index in [0.29, 0.717) is 16.7 Å². The molecule has 0 unspecified atom stereocenters. The maximum atomic E-state index is 12.3. The van der Waals surface area contributed by atoms with Crippen LogP contribution in [0.25, 0.3) is 0 Å². The molecule has 2 aromatic rings. The van der Waals surface area contributed by atoms with Gasteiger partial charge in [0, 0.05) is 19.8 Å². The number of carbonyl (C=O) groups excluding carboxylic acids is 1. The number of nitrogens with one attached hydrogen (secondary N) is 2. The second-order valence-electron chi connectivity index (χ2n) is 5.74. The van der Waals surface area contributed by atoms with E-state index in [0.717, 1.165) is 15.4 Å². The fourth-order valence-electron chi connectivity index (χ4n) is 2.02. The molecule has 0 aliphatic heterocycles. The average Bonchev–Trinajstić information content (AvgIpc) is 2.95. The van der Waals surface area contributed by atoms with Gasteiger partial charge in [-0.2, -0.15) is 0 Å². The van der Waals surface area contributed by atoms with Gasteiger partial charge in [0.15, 0.2) is 0 Å². The summed E-state index contributed by atoms with van der Waals surface area (Å²) in [6, 6.07) is 3.09. The Hall–Kier alpha value is -1.91. The Labute approximate surface area is 151 Å². The summed E-state index contributed by atoms with van der Waals surface area (Å²) in [5.74, 6) is 0.547. The third-order valence-electron chi connectivity index (χ3n) is 3.60. The molecule has 0 spiro atoms. The van der Waals surface area contributed by atoms with Crippen LogP contribution in [-0.4, -0.2) is 53.7 Å². The van der Waals surface area contributed by atoms with Crippen LogP contribution in [0.4, 0.5) is 5.69 Å². The Bertz CT molecular complexity index is 891. The fraction of sp³-hybridized carbons (Fsp3) is 0.400. The number of nitrogens with zero attached hydrogens (tertiary/aromatic N) is 3. The number of rotatable bonds is 6. The molecule has 0 atom stereocenters. The second kappa shape index (κ2) is 7.54. The molecule has 0 radical (unpaired) electrons. The number of sulfonamides is 1. The number of hydrogen-bond donors (Lipinski definition) is 2. The summed E-state index contributed by atoms with van der Waals surface area (Å²) in [5, 5.41) is 9.92. The number of H-pyrrole nitrogens is 1. The molecule has 0 saturated carbocycles. The van der Waals surface area contributed by atoms with Gasteiger partial charge in [-0.3, -0.25) is 9.89 Å². The van der Waals surface area contributed by atoms with Crippen LogP contribution >= 0.6 is 11.8 Å². The molecule has 136 valence electrons. The summed E-state index contributed by atoms with van der Waals surface area (Å²) in [4.78, 5) is 16.5. The summed E-state index contributed by atoms with van der Waals surface area (Å²) < 4.78 is 25.8. The number of aromatic nitrogens is 3. The van der Waals surface area contributed by atoms with Crippen LogP contribution in [-0.2, 0) is 14.8 Å². The number of benzene rings is 1. The van der Waals surface area contributed by atoms with Crippen molar-refractivity contribution in [1.29, 1.82) is 0 Å². The van der Waals surface area contributed by atoms with E-state index in [1.807, 2.05) is 13.8 Å². The van der Waals surface area contributed by atoms with E-state index in [1.54, 1.807) is 13.0 Å². The van der Waals surface area contributed by atoms with E-state index in [4.69, 9.17) is 0 Å². The van der Waals surface area contributed by atoms with Gasteiger partial charge in [0.1, 0.15) is 5.82 Å². The SMILES string of the molecule is Cc1nc(SCC(=O)Nc2cc(S(=O)(=O)N(C)C)cc(C)c2C)n[nH]1. The molecule has 2 N–H and O–H groups in total. The maximum Gasteiger partial charge on any atom is 0.242 e. The first-order valence-electron chi connectivity index (χ1n) is 7.46. The van der Waals surface area contributed by atoms with Crippen molar-refractivity contribution in [3.63, 3.8) is 0 Å². The first-order chi connectivity index (χ1) is 11.6. The number of aromatic amines is 1. The summed E-state index contributed by atoms with van der Waals surface area (Å²) >= 11 is 1.20. The lowest BCUT2D eigenvalue weighted by atomic mass is 10.1. The van der Waals surface area contributed by atoms with Gasteiger partial charge in [0.2, 0.25) is 21.1 Å². The van der Waals surface area contributed by atoms with Crippen molar-refractivity contribution < 1.29 is 13.2 Å². The maximum absolute atomic E-state index is 12.3. The van der Waals surface area contributed by atoms with Gasteiger partial charge >= 0.3 is 0 Å². The van der Waals surface area contributed by atoms with Gasteiger partial charge in [-0.25, -0.2) is 17.7 Å². The van der Waals surface area contributed by atoms with Gasteiger partial charge in [0.05, 0.1) is 10.6 Å². The lowest BCUT2D eigenvalue weighted by Crippen LogP contribution is -2.23. The highest BCUT2D eigenvalue weighted by Gasteiger charge is 2.20. The minimum absolute atomic E-state index is 0.125. The van der Waals surface area contributed by atoms with Gasteiger partial charge < -0.3 is 5.32 Å². The van der Waals surface area contributed by atoms with Crippen LogP contribution < -0.4 is 5.32 Å². The average molecular weight is 383 g/mol.